The van der Waals surface area contributed by atoms with Crippen molar-refractivity contribution in [2.45, 2.75) is 19.8 Å². The van der Waals surface area contributed by atoms with Gasteiger partial charge in [-0.05, 0) is 37.6 Å². The lowest BCUT2D eigenvalue weighted by atomic mass is 10.1. The number of Topliss-reactive ketones (excluding diaryl/α,β-unsaturated/α-hetero) is 1. The van der Waals surface area contributed by atoms with Gasteiger partial charge >= 0.3 is 0 Å². The van der Waals surface area contributed by atoms with Gasteiger partial charge in [0.15, 0.2) is 5.78 Å². The van der Waals surface area contributed by atoms with Crippen LogP contribution in [-0.4, -0.2) is 16.7 Å². The Labute approximate surface area is 111 Å². The molecule has 2 N–H and O–H groups in total. The third-order valence-electron chi connectivity index (χ3n) is 2.84. The highest BCUT2D eigenvalue weighted by Gasteiger charge is 2.05. The number of anilines is 1. The zero-order valence-electron chi connectivity index (χ0n) is 10.8. The van der Waals surface area contributed by atoms with Crippen molar-refractivity contribution in [3.63, 3.8) is 0 Å². The summed E-state index contributed by atoms with van der Waals surface area (Å²) < 4.78 is 0. The topological polar surface area (TPSA) is 62.0 Å². The summed E-state index contributed by atoms with van der Waals surface area (Å²) in [6.07, 6.45) is 2.92. The first-order valence-electron chi connectivity index (χ1n) is 6.18. The predicted octanol–water partition coefficient (Wildman–Crippen LogP) is 2.79. The Kier molecular flexibility index (Phi) is 4.13. The minimum atomic E-state index is -0.0599. The molecular formula is C15H16N2O2. The number of amides is 1. The molecule has 0 atom stereocenters. The largest absolute Gasteiger partial charge is 0.365 e. The van der Waals surface area contributed by atoms with Gasteiger partial charge in [0.1, 0.15) is 0 Å². The van der Waals surface area contributed by atoms with Gasteiger partial charge in [0.25, 0.3) is 0 Å². The number of ketones is 1. The van der Waals surface area contributed by atoms with Gasteiger partial charge in [0.05, 0.1) is 0 Å². The fourth-order valence-corrected chi connectivity index (χ4v) is 1.81. The van der Waals surface area contributed by atoms with Crippen LogP contribution in [0.2, 0.25) is 0 Å². The van der Waals surface area contributed by atoms with E-state index in [-0.39, 0.29) is 11.7 Å². The third-order valence-corrected chi connectivity index (χ3v) is 2.84. The highest BCUT2D eigenvalue weighted by molar-refractivity contribution is 5.97. The van der Waals surface area contributed by atoms with Crippen molar-refractivity contribution in [3.8, 4) is 0 Å². The molecule has 0 unspecified atom stereocenters. The summed E-state index contributed by atoms with van der Waals surface area (Å²) in [5.74, 6) is -0.0715. The molecule has 1 heterocycles. The molecule has 1 aromatic heterocycles. The number of carbonyl (C=O) groups excluding carboxylic acids is 2. The smallest absolute Gasteiger partial charge is 0.224 e. The number of H-pyrrole nitrogens is 1. The van der Waals surface area contributed by atoms with Crippen molar-refractivity contribution in [1.82, 2.24) is 4.98 Å². The van der Waals surface area contributed by atoms with Gasteiger partial charge in [-0.15, -0.1) is 0 Å². The normalized spacial score (nSPS) is 10.2. The Morgan fingerprint density at radius 1 is 1.21 bits per heavy atom. The van der Waals surface area contributed by atoms with E-state index < -0.39 is 0 Å². The zero-order chi connectivity index (χ0) is 13.7. The van der Waals surface area contributed by atoms with Crippen LogP contribution >= 0.6 is 0 Å². The standard InChI is InChI=1S/C15H16N2O2/c1-11(18)12-4-2-5-14(10-12)17-15(19)8-7-13-6-3-9-16-13/h2-6,9-10,16H,7-8H2,1H3,(H,17,19). The number of rotatable bonds is 5. The molecule has 2 rings (SSSR count). The molecule has 0 saturated heterocycles. The molecule has 0 fully saturated rings. The van der Waals surface area contributed by atoms with Crippen molar-refractivity contribution in [1.29, 1.82) is 0 Å². The summed E-state index contributed by atoms with van der Waals surface area (Å²) in [5.41, 5.74) is 2.29. The number of aryl methyl sites for hydroxylation is 1. The van der Waals surface area contributed by atoms with Crippen LogP contribution in [0.5, 0.6) is 0 Å². The molecule has 0 radical (unpaired) electrons. The van der Waals surface area contributed by atoms with Crippen LogP contribution in [0.3, 0.4) is 0 Å². The number of aromatic nitrogens is 1. The van der Waals surface area contributed by atoms with E-state index in [9.17, 15) is 9.59 Å². The van der Waals surface area contributed by atoms with E-state index in [1.54, 1.807) is 24.3 Å². The second-order valence-electron chi connectivity index (χ2n) is 4.38. The van der Waals surface area contributed by atoms with Crippen LogP contribution in [0.1, 0.15) is 29.4 Å². The number of hydrogen-bond donors (Lipinski definition) is 2. The molecule has 1 amide bonds. The molecule has 0 bridgehead atoms. The van der Waals surface area contributed by atoms with Crippen LogP contribution in [0.4, 0.5) is 5.69 Å². The molecule has 0 saturated carbocycles. The fourth-order valence-electron chi connectivity index (χ4n) is 1.81. The summed E-state index contributed by atoms with van der Waals surface area (Å²) in [6.45, 7) is 1.51. The van der Waals surface area contributed by atoms with Gasteiger partial charge in [0, 0.05) is 29.6 Å². The first kappa shape index (κ1) is 13.1. The van der Waals surface area contributed by atoms with Crippen LogP contribution in [0, 0.1) is 0 Å². The molecule has 0 aliphatic heterocycles. The SMILES string of the molecule is CC(=O)c1cccc(NC(=O)CCc2ccc[nH]2)c1. The number of aromatic amines is 1. The molecule has 2 aromatic rings. The minimum Gasteiger partial charge on any atom is -0.365 e. The van der Waals surface area contributed by atoms with Crippen LogP contribution in [-0.2, 0) is 11.2 Å². The second-order valence-corrected chi connectivity index (χ2v) is 4.38. The maximum atomic E-state index is 11.8. The first-order chi connectivity index (χ1) is 9.15. The molecule has 1 aromatic carbocycles. The van der Waals surface area contributed by atoms with Gasteiger partial charge in [-0.1, -0.05) is 12.1 Å². The van der Waals surface area contributed by atoms with E-state index >= 15 is 0 Å². The lowest BCUT2D eigenvalue weighted by Gasteiger charge is -2.06. The average molecular weight is 256 g/mol. The first-order valence-corrected chi connectivity index (χ1v) is 6.18. The molecular weight excluding hydrogens is 240 g/mol. The summed E-state index contributed by atoms with van der Waals surface area (Å²) in [7, 11) is 0. The van der Waals surface area contributed by atoms with Crippen LogP contribution in [0.25, 0.3) is 0 Å². The van der Waals surface area contributed by atoms with Gasteiger partial charge < -0.3 is 10.3 Å². The summed E-state index contributed by atoms with van der Waals surface area (Å²) in [4.78, 5) is 26.1. The zero-order valence-corrected chi connectivity index (χ0v) is 10.8. The molecule has 0 aliphatic rings. The summed E-state index contributed by atoms with van der Waals surface area (Å²) in [6, 6.07) is 10.8. The maximum Gasteiger partial charge on any atom is 0.224 e. The maximum absolute atomic E-state index is 11.8. The lowest BCUT2D eigenvalue weighted by Crippen LogP contribution is -2.12. The summed E-state index contributed by atoms with van der Waals surface area (Å²) >= 11 is 0. The number of nitrogens with one attached hydrogen (secondary N) is 2. The van der Waals surface area contributed by atoms with Gasteiger partial charge in [-0.2, -0.15) is 0 Å². The van der Waals surface area contributed by atoms with E-state index in [0.717, 1.165) is 5.69 Å². The van der Waals surface area contributed by atoms with Crippen LogP contribution in [0.15, 0.2) is 42.6 Å². The minimum absolute atomic E-state index is 0.0116. The average Bonchev–Trinajstić information content (AvgIpc) is 2.90. The van der Waals surface area contributed by atoms with Crippen molar-refractivity contribution in [2.75, 3.05) is 5.32 Å². The molecule has 0 spiro atoms. The van der Waals surface area contributed by atoms with Crippen molar-refractivity contribution in [2.24, 2.45) is 0 Å². The predicted molar refractivity (Wildman–Crippen MR) is 74.2 cm³/mol. The van der Waals surface area contributed by atoms with E-state index in [0.29, 0.717) is 24.1 Å². The second kappa shape index (κ2) is 6.00. The fraction of sp³-hybridized carbons (Fsp3) is 0.200. The van der Waals surface area contributed by atoms with Crippen molar-refractivity contribution < 1.29 is 9.59 Å². The number of benzene rings is 1. The lowest BCUT2D eigenvalue weighted by molar-refractivity contribution is -0.116. The van der Waals surface area contributed by atoms with Gasteiger partial charge in [-0.3, -0.25) is 9.59 Å². The number of hydrogen-bond acceptors (Lipinski definition) is 2. The van der Waals surface area contributed by atoms with E-state index in [1.165, 1.54) is 6.92 Å². The highest BCUT2D eigenvalue weighted by atomic mass is 16.1. The van der Waals surface area contributed by atoms with E-state index in [2.05, 4.69) is 10.3 Å². The summed E-state index contributed by atoms with van der Waals surface area (Å²) in [5, 5.41) is 2.79. The Morgan fingerprint density at radius 3 is 2.74 bits per heavy atom. The third kappa shape index (κ3) is 3.81. The number of carbonyl (C=O) groups is 2. The monoisotopic (exact) mass is 256 g/mol. The van der Waals surface area contributed by atoms with Crippen LogP contribution < -0.4 is 5.32 Å². The molecule has 4 heteroatoms. The van der Waals surface area contributed by atoms with E-state index in [4.69, 9.17) is 0 Å². The van der Waals surface area contributed by atoms with E-state index in [1.807, 2.05) is 18.3 Å². The molecule has 4 nitrogen and oxygen atoms in total. The molecule has 19 heavy (non-hydrogen) atoms. The Bertz CT molecular complexity index is 574. The highest BCUT2D eigenvalue weighted by Crippen LogP contribution is 2.12. The Hall–Kier alpha value is -2.36. The van der Waals surface area contributed by atoms with Crippen molar-refractivity contribution >= 4 is 17.4 Å². The van der Waals surface area contributed by atoms with Crippen molar-refractivity contribution in [3.05, 3.63) is 53.9 Å². The molecule has 98 valence electrons. The quantitative estimate of drug-likeness (QED) is 0.808. The van der Waals surface area contributed by atoms with Gasteiger partial charge in [0.2, 0.25) is 5.91 Å². The molecule has 0 aliphatic carbocycles. The van der Waals surface area contributed by atoms with Gasteiger partial charge in [-0.25, -0.2) is 0 Å². The Balaban J connectivity index is 1.91. The Morgan fingerprint density at radius 2 is 2.05 bits per heavy atom.